The summed E-state index contributed by atoms with van der Waals surface area (Å²) in [6.45, 7) is 7.61. The molecular weight excluding hydrogens is 208 g/mol. The van der Waals surface area contributed by atoms with Crippen LogP contribution < -0.4 is 5.32 Å². The van der Waals surface area contributed by atoms with Crippen LogP contribution in [0.4, 0.5) is 0 Å². The smallest absolute Gasteiger partial charge is 0.00670 e. The van der Waals surface area contributed by atoms with Gasteiger partial charge in [-0.3, -0.25) is 0 Å². The van der Waals surface area contributed by atoms with Gasteiger partial charge in [-0.2, -0.15) is 0 Å². The van der Waals surface area contributed by atoms with E-state index >= 15 is 0 Å². The van der Waals surface area contributed by atoms with Crippen LogP contribution in [-0.4, -0.2) is 37.1 Å². The Hall–Kier alpha value is -0.0800. The Morgan fingerprint density at radius 2 is 1.88 bits per heavy atom. The fourth-order valence-electron chi connectivity index (χ4n) is 3.41. The van der Waals surface area contributed by atoms with Gasteiger partial charge in [-0.1, -0.05) is 26.2 Å². The van der Waals surface area contributed by atoms with E-state index in [-0.39, 0.29) is 0 Å². The lowest BCUT2D eigenvalue weighted by atomic mass is 9.95. The van der Waals surface area contributed by atoms with Crippen molar-refractivity contribution in [1.29, 1.82) is 0 Å². The minimum atomic E-state index is 0.837. The fourth-order valence-corrected chi connectivity index (χ4v) is 3.41. The lowest BCUT2D eigenvalue weighted by molar-refractivity contribution is 0.181. The summed E-state index contributed by atoms with van der Waals surface area (Å²) >= 11 is 0. The lowest BCUT2D eigenvalue weighted by Gasteiger charge is -2.31. The number of likely N-dealkylation sites (tertiary alicyclic amines) is 1. The van der Waals surface area contributed by atoms with E-state index in [0.29, 0.717) is 0 Å². The standard InChI is InChI=1S/C15H30N2/c1-14-7-5-11-17(13-14)12-6-10-16-15-8-3-2-4-9-15/h14-16H,2-13H2,1H3. The van der Waals surface area contributed by atoms with Gasteiger partial charge in [-0.05, 0) is 57.7 Å². The Labute approximate surface area is 107 Å². The molecule has 0 bridgehead atoms. The Morgan fingerprint density at radius 1 is 1.06 bits per heavy atom. The monoisotopic (exact) mass is 238 g/mol. The van der Waals surface area contributed by atoms with Gasteiger partial charge in [0.2, 0.25) is 0 Å². The Bertz CT molecular complexity index is 199. The SMILES string of the molecule is CC1CCCN(CCCNC2CCCCC2)C1. The molecule has 0 aromatic rings. The van der Waals surface area contributed by atoms with Gasteiger partial charge in [0.05, 0.1) is 0 Å². The van der Waals surface area contributed by atoms with Gasteiger partial charge in [0, 0.05) is 12.6 Å². The Balaban J connectivity index is 1.50. The third-order valence-electron chi connectivity index (χ3n) is 4.43. The normalized spacial score (nSPS) is 28.4. The first-order valence-electron chi connectivity index (χ1n) is 7.80. The van der Waals surface area contributed by atoms with Gasteiger partial charge >= 0.3 is 0 Å². The second-order valence-electron chi connectivity index (χ2n) is 6.19. The highest BCUT2D eigenvalue weighted by Crippen LogP contribution is 2.17. The molecule has 0 radical (unpaired) electrons. The zero-order valence-corrected chi connectivity index (χ0v) is 11.6. The van der Waals surface area contributed by atoms with Crippen LogP contribution in [0.2, 0.25) is 0 Å². The molecule has 0 aromatic heterocycles. The average Bonchev–Trinajstić information content (AvgIpc) is 2.36. The number of piperidine rings is 1. The van der Waals surface area contributed by atoms with Crippen LogP contribution >= 0.6 is 0 Å². The van der Waals surface area contributed by atoms with E-state index in [4.69, 9.17) is 0 Å². The quantitative estimate of drug-likeness (QED) is 0.741. The van der Waals surface area contributed by atoms with Crippen molar-refractivity contribution >= 4 is 0 Å². The summed E-state index contributed by atoms with van der Waals surface area (Å²) in [4.78, 5) is 2.66. The van der Waals surface area contributed by atoms with Crippen molar-refractivity contribution in [1.82, 2.24) is 10.2 Å². The van der Waals surface area contributed by atoms with E-state index in [1.165, 1.54) is 77.5 Å². The molecule has 1 aliphatic heterocycles. The first-order chi connectivity index (χ1) is 8.34. The van der Waals surface area contributed by atoms with Gasteiger partial charge in [0.25, 0.3) is 0 Å². The van der Waals surface area contributed by atoms with Gasteiger partial charge in [-0.15, -0.1) is 0 Å². The summed E-state index contributed by atoms with van der Waals surface area (Å²) in [6.07, 6.45) is 11.4. The number of nitrogens with zero attached hydrogens (tertiary/aromatic N) is 1. The minimum absolute atomic E-state index is 0.837. The Kier molecular flexibility index (Phi) is 5.79. The topological polar surface area (TPSA) is 15.3 Å². The molecule has 1 saturated carbocycles. The minimum Gasteiger partial charge on any atom is -0.314 e. The largest absolute Gasteiger partial charge is 0.314 e. The van der Waals surface area contributed by atoms with E-state index in [0.717, 1.165) is 12.0 Å². The second kappa shape index (κ2) is 7.38. The number of hydrogen-bond acceptors (Lipinski definition) is 2. The molecule has 2 rings (SSSR count). The van der Waals surface area contributed by atoms with E-state index in [1.807, 2.05) is 0 Å². The number of nitrogens with one attached hydrogen (secondary N) is 1. The van der Waals surface area contributed by atoms with Crippen LogP contribution in [0.3, 0.4) is 0 Å². The van der Waals surface area contributed by atoms with E-state index in [1.54, 1.807) is 0 Å². The van der Waals surface area contributed by atoms with Crippen molar-refractivity contribution < 1.29 is 0 Å². The second-order valence-corrected chi connectivity index (χ2v) is 6.19. The van der Waals surface area contributed by atoms with Crippen molar-refractivity contribution in [3.63, 3.8) is 0 Å². The molecule has 1 atom stereocenters. The summed E-state index contributed by atoms with van der Waals surface area (Å²) in [5.41, 5.74) is 0. The first kappa shape index (κ1) is 13.4. The molecule has 1 N–H and O–H groups in total. The maximum Gasteiger partial charge on any atom is 0.00670 e. The predicted octanol–water partition coefficient (Wildman–Crippen LogP) is 3.03. The molecule has 1 saturated heterocycles. The molecule has 17 heavy (non-hydrogen) atoms. The predicted molar refractivity (Wildman–Crippen MR) is 74.3 cm³/mol. The van der Waals surface area contributed by atoms with Crippen molar-refractivity contribution in [3.8, 4) is 0 Å². The summed E-state index contributed by atoms with van der Waals surface area (Å²) in [5.74, 6) is 0.926. The van der Waals surface area contributed by atoms with Gasteiger partial charge in [0.15, 0.2) is 0 Å². The van der Waals surface area contributed by atoms with Crippen molar-refractivity contribution in [2.24, 2.45) is 5.92 Å². The molecule has 0 aromatic carbocycles. The third kappa shape index (κ3) is 4.97. The zero-order chi connectivity index (χ0) is 11.9. The maximum absolute atomic E-state index is 3.75. The van der Waals surface area contributed by atoms with Crippen molar-refractivity contribution in [2.45, 2.75) is 64.3 Å². The summed E-state index contributed by atoms with van der Waals surface area (Å²) < 4.78 is 0. The van der Waals surface area contributed by atoms with E-state index < -0.39 is 0 Å². The molecule has 1 heterocycles. The third-order valence-corrected chi connectivity index (χ3v) is 4.43. The lowest BCUT2D eigenvalue weighted by Crippen LogP contribution is -2.37. The number of rotatable bonds is 5. The van der Waals surface area contributed by atoms with E-state index in [2.05, 4.69) is 17.1 Å². The molecular formula is C15H30N2. The highest BCUT2D eigenvalue weighted by atomic mass is 15.1. The molecule has 1 unspecified atom stereocenters. The molecule has 0 spiro atoms. The summed E-state index contributed by atoms with van der Waals surface area (Å²) in [5, 5.41) is 3.75. The molecule has 2 heteroatoms. The molecule has 2 fully saturated rings. The zero-order valence-electron chi connectivity index (χ0n) is 11.6. The van der Waals surface area contributed by atoms with Crippen molar-refractivity contribution in [3.05, 3.63) is 0 Å². The van der Waals surface area contributed by atoms with E-state index in [9.17, 15) is 0 Å². The van der Waals surface area contributed by atoms with Crippen LogP contribution in [0, 0.1) is 5.92 Å². The molecule has 2 aliphatic rings. The van der Waals surface area contributed by atoms with Gasteiger partial charge < -0.3 is 10.2 Å². The van der Waals surface area contributed by atoms with Crippen LogP contribution in [0.1, 0.15) is 58.3 Å². The first-order valence-corrected chi connectivity index (χ1v) is 7.80. The summed E-state index contributed by atoms with van der Waals surface area (Å²) in [7, 11) is 0. The molecule has 100 valence electrons. The van der Waals surface area contributed by atoms with Crippen LogP contribution in [0.5, 0.6) is 0 Å². The highest BCUT2D eigenvalue weighted by Gasteiger charge is 2.16. The average molecular weight is 238 g/mol. The van der Waals surface area contributed by atoms with Crippen molar-refractivity contribution in [2.75, 3.05) is 26.2 Å². The van der Waals surface area contributed by atoms with Gasteiger partial charge in [-0.25, -0.2) is 0 Å². The molecule has 2 nitrogen and oxygen atoms in total. The maximum atomic E-state index is 3.75. The van der Waals surface area contributed by atoms with Crippen LogP contribution in [0.25, 0.3) is 0 Å². The Morgan fingerprint density at radius 3 is 2.65 bits per heavy atom. The highest BCUT2D eigenvalue weighted by molar-refractivity contribution is 4.73. The van der Waals surface area contributed by atoms with Crippen LogP contribution in [0.15, 0.2) is 0 Å². The van der Waals surface area contributed by atoms with Gasteiger partial charge in [0.1, 0.15) is 0 Å². The summed E-state index contributed by atoms with van der Waals surface area (Å²) in [6, 6.07) is 0.837. The fraction of sp³-hybridized carbons (Fsp3) is 1.00. The number of hydrogen-bond donors (Lipinski definition) is 1. The van der Waals surface area contributed by atoms with Crippen LogP contribution in [-0.2, 0) is 0 Å². The molecule has 0 amide bonds. The molecule has 1 aliphatic carbocycles.